The first-order valence-electron chi connectivity index (χ1n) is 5.91. The topological polar surface area (TPSA) is 12.0 Å². The van der Waals surface area contributed by atoms with Gasteiger partial charge in [-0.15, -0.1) is 0 Å². The van der Waals surface area contributed by atoms with E-state index >= 15 is 0 Å². The predicted octanol–water partition coefficient (Wildman–Crippen LogP) is 2.57. The van der Waals surface area contributed by atoms with Crippen LogP contribution < -0.4 is 5.32 Å². The van der Waals surface area contributed by atoms with Gasteiger partial charge in [-0.2, -0.15) is 0 Å². The van der Waals surface area contributed by atoms with Gasteiger partial charge >= 0.3 is 0 Å². The van der Waals surface area contributed by atoms with Crippen molar-refractivity contribution in [3.63, 3.8) is 0 Å². The largest absolute Gasteiger partial charge is 0.319 e. The van der Waals surface area contributed by atoms with Crippen LogP contribution in [-0.2, 0) is 0 Å². The van der Waals surface area contributed by atoms with Crippen LogP contribution in [0.25, 0.3) is 0 Å². The fraction of sp³-hybridized carbons (Fsp3) is 1.00. The first-order valence-corrected chi connectivity index (χ1v) is 5.91. The van der Waals surface area contributed by atoms with Crippen molar-refractivity contribution in [2.75, 3.05) is 13.6 Å². The van der Waals surface area contributed by atoms with E-state index in [-0.39, 0.29) is 0 Å². The lowest BCUT2D eigenvalue weighted by molar-refractivity contribution is -0.161. The predicted molar refractivity (Wildman–Crippen MR) is 54.6 cm³/mol. The van der Waals surface area contributed by atoms with E-state index in [1.165, 1.54) is 25.8 Å². The second kappa shape index (κ2) is 2.50. The van der Waals surface area contributed by atoms with E-state index in [4.69, 9.17) is 0 Å². The van der Waals surface area contributed by atoms with Crippen LogP contribution in [-0.4, -0.2) is 13.6 Å². The molecule has 3 rings (SSSR count). The first-order chi connectivity index (χ1) is 6.26. The van der Waals surface area contributed by atoms with E-state index in [2.05, 4.69) is 12.4 Å². The molecule has 13 heavy (non-hydrogen) atoms. The SMILES string of the molecule is CNCC1CC2(C1)CC1(CCC1)C2. The Balaban J connectivity index is 1.49. The average molecular weight is 179 g/mol. The zero-order valence-electron chi connectivity index (χ0n) is 8.73. The van der Waals surface area contributed by atoms with Crippen LogP contribution in [0.3, 0.4) is 0 Å². The minimum Gasteiger partial charge on any atom is -0.319 e. The van der Waals surface area contributed by atoms with E-state index in [9.17, 15) is 0 Å². The summed E-state index contributed by atoms with van der Waals surface area (Å²) in [4.78, 5) is 0. The molecule has 0 unspecified atom stereocenters. The summed E-state index contributed by atoms with van der Waals surface area (Å²) in [5.74, 6) is 1.02. The molecule has 0 bridgehead atoms. The molecule has 1 heteroatoms. The third-order valence-corrected chi connectivity index (χ3v) is 4.85. The van der Waals surface area contributed by atoms with Crippen molar-refractivity contribution < 1.29 is 0 Å². The molecule has 0 amide bonds. The van der Waals surface area contributed by atoms with Gasteiger partial charge in [-0.3, -0.25) is 0 Å². The summed E-state index contributed by atoms with van der Waals surface area (Å²) in [6, 6.07) is 0. The van der Waals surface area contributed by atoms with E-state index in [1.807, 2.05) is 0 Å². The molecule has 0 radical (unpaired) electrons. The summed E-state index contributed by atoms with van der Waals surface area (Å²) >= 11 is 0. The van der Waals surface area contributed by atoms with Gasteiger partial charge in [0.05, 0.1) is 0 Å². The summed E-state index contributed by atoms with van der Waals surface area (Å²) in [5, 5.41) is 3.30. The minimum absolute atomic E-state index is 0.863. The maximum atomic E-state index is 3.30. The zero-order valence-corrected chi connectivity index (χ0v) is 8.73. The Hall–Kier alpha value is -0.0400. The molecule has 1 N–H and O–H groups in total. The van der Waals surface area contributed by atoms with Crippen molar-refractivity contribution in [2.24, 2.45) is 16.7 Å². The summed E-state index contributed by atoms with van der Waals surface area (Å²) in [6.45, 7) is 1.26. The van der Waals surface area contributed by atoms with Gasteiger partial charge in [0.25, 0.3) is 0 Å². The highest BCUT2D eigenvalue weighted by atomic mass is 14.8. The molecule has 0 aromatic rings. The highest BCUT2D eigenvalue weighted by Crippen LogP contribution is 2.71. The Morgan fingerprint density at radius 2 is 1.85 bits per heavy atom. The monoisotopic (exact) mass is 179 g/mol. The van der Waals surface area contributed by atoms with E-state index in [0.717, 1.165) is 16.7 Å². The smallest absolute Gasteiger partial charge is 0.00231 e. The Morgan fingerprint density at radius 1 is 1.15 bits per heavy atom. The molecule has 0 aromatic carbocycles. The molecule has 74 valence electrons. The average Bonchev–Trinajstić information content (AvgIpc) is 1.87. The maximum Gasteiger partial charge on any atom is -0.00231 e. The Kier molecular flexibility index (Phi) is 1.59. The molecular weight excluding hydrogens is 158 g/mol. The number of rotatable bonds is 2. The van der Waals surface area contributed by atoms with Crippen molar-refractivity contribution in [3.05, 3.63) is 0 Å². The van der Waals surface area contributed by atoms with Gasteiger partial charge in [-0.05, 0) is 68.9 Å². The van der Waals surface area contributed by atoms with Crippen LogP contribution in [0.2, 0.25) is 0 Å². The van der Waals surface area contributed by atoms with Crippen molar-refractivity contribution in [2.45, 2.75) is 44.9 Å². The molecule has 3 fully saturated rings. The fourth-order valence-electron chi connectivity index (χ4n) is 4.46. The quantitative estimate of drug-likeness (QED) is 0.687. The van der Waals surface area contributed by atoms with Crippen LogP contribution in [0.1, 0.15) is 44.9 Å². The van der Waals surface area contributed by atoms with Crippen molar-refractivity contribution in [3.8, 4) is 0 Å². The standard InChI is InChI=1S/C12H21N/c1-13-7-10-5-12(6-10)8-11(9-12)3-2-4-11/h10,13H,2-9H2,1H3. The lowest BCUT2D eigenvalue weighted by atomic mass is 9.38. The van der Waals surface area contributed by atoms with Crippen LogP contribution in [0.4, 0.5) is 0 Å². The summed E-state index contributed by atoms with van der Waals surface area (Å²) in [6.07, 6.45) is 10.9. The molecule has 3 aliphatic carbocycles. The van der Waals surface area contributed by atoms with E-state index < -0.39 is 0 Å². The summed E-state index contributed by atoms with van der Waals surface area (Å²) in [5.41, 5.74) is 1.76. The minimum atomic E-state index is 0.863. The third-order valence-electron chi connectivity index (χ3n) is 4.85. The van der Waals surface area contributed by atoms with Gasteiger partial charge in [0.1, 0.15) is 0 Å². The molecule has 0 aromatic heterocycles. The van der Waals surface area contributed by atoms with E-state index in [0.29, 0.717) is 0 Å². The lowest BCUT2D eigenvalue weighted by Crippen LogP contribution is -2.57. The molecular formula is C12H21N. The summed E-state index contributed by atoms with van der Waals surface area (Å²) < 4.78 is 0. The number of hydrogen-bond acceptors (Lipinski definition) is 1. The summed E-state index contributed by atoms with van der Waals surface area (Å²) in [7, 11) is 2.08. The second-order valence-electron chi connectivity index (χ2n) is 6.04. The van der Waals surface area contributed by atoms with Crippen LogP contribution in [0.15, 0.2) is 0 Å². The molecule has 0 heterocycles. The highest BCUT2D eigenvalue weighted by molar-refractivity contribution is 5.12. The van der Waals surface area contributed by atoms with Gasteiger partial charge < -0.3 is 5.32 Å². The van der Waals surface area contributed by atoms with Crippen LogP contribution >= 0.6 is 0 Å². The first kappa shape index (κ1) is 8.28. The Bertz CT molecular complexity index is 201. The van der Waals surface area contributed by atoms with Gasteiger partial charge in [0.2, 0.25) is 0 Å². The Labute approximate surface area is 81.3 Å². The Morgan fingerprint density at radius 3 is 2.31 bits per heavy atom. The third kappa shape index (κ3) is 1.09. The number of nitrogens with one attached hydrogen (secondary N) is 1. The number of hydrogen-bond donors (Lipinski definition) is 1. The molecule has 2 spiro atoms. The van der Waals surface area contributed by atoms with Gasteiger partial charge in [0.15, 0.2) is 0 Å². The fourth-order valence-corrected chi connectivity index (χ4v) is 4.46. The van der Waals surface area contributed by atoms with Crippen LogP contribution in [0.5, 0.6) is 0 Å². The highest BCUT2D eigenvalue weighted by Gasteiger charge is 2.60. The van der Waals surface area contributed by atoms with Gasteiger partial charge in [-0.25, -0.2) is 0 Å². The molecule has 1 nitrogen and oxygen atoms in total. The van der Waals surface area contributed by atoms with Crippen molar-refractivity contribution in [1.29, 1.82) is 0 Å². The molecule has 3 aliphatic rings. The lowest BCUT2D eigenvalue weighted by Gasteiger charge is -2.67. The second-order valence-corrected chi connectivity index (χ2v) is 6.04. The van der Waals surface area contributed by atoms with Crippen LogP contribution in [0, 0.1) is 16.7 Å². The van der Waals surface area contributed by atoms with Gasteiger partial charge in [0, 0.05) is 0 Å². The van der Waals surface area contributed by atoms with Crippen molar-refractivity contribution in [1.82, 2.24) is 5.32 Å². The molecule has 0 aliphatic heterocycles. The van der Waals surface area contributed by atoms with E-state index in [1.54, 1.807) is 25.7 Å². The van der Waals surface area contributed by atoms with Crippen molar-refractivity contribution >= 4 is 0 Å². The zero-order chi connectivity index (χ0) is 8.94. The molecule has 0 saturated heterocycles. The maximum absolute atomic E-state index is 3.30. The molecule has 3 saturated carbocycles. The van der Waals surface area contributed by atoms with Gasteiger partial charge in [-0.1, -0.05) is 6.42 Å². The normalized spacial score (nSPS) is 33.9. The molecule has 0 atom stereocenters.